The average Bonchev–Trinajstić information content (AvgIpc) is 2.72. The molecule has 5 heteroatoms. The Morgan fingerprint density at radius 1 is 1.42 bits per heavy atom. The van der Waals surface area contributed by atoms with Crippen LogP contribution >= 0.6 is 0 Å². The van der Waals surface area contributed by atoms with Gasteiger partial charge in [-0.2, -0.15) is 0 Å². The lowest BCUT2D eigenvalue weighted by molar-refractivity contribution is -0.117. The highest BCUT2D eigenvalue weighted by atomic mass is 16.3. The number of nitrogens with zero attached hydrogens (tertiary/aromatic N) is 1. The summed E-state index contributed by atoms with van der Waals surface area (Å²) in [7, 11) is 1.78. The van der Waals surface area contributed by atoms with Crippen LogP contribution in [0, 0.1) is 0 Å². The average molecular weight is 263 g/mol. The number of nitrogens with one attached hydrogen (secondary N) is 2. The Kier molecular flexibility index (Phi) is 4.39. The first kappa shape index (κ1) is 13.8. The number of likely N-dealkylation sites (N-methyl/N-ethyl adjacent to an activating group) is 1. The number of anilines is 2. The summed E-state index contributed by atoms with van der Waals surface area (Å²) in [6.45, 7) is 3.73. The predicted molar refractivity (Wildman–Crippen MR) is 76.5 cm³/mol. The maximum atomic E-state index is 11.8. The predicted octanol–water partition coefficient (Wildman–Crippen LogP) is 1.11. The Balaban J connectivity index is 2.26. The largest absolute Gasteiger partial charge is 0.395 e. The van der Waals surface area contributed by atoms with E-state index in [0.717, 1.165) is 29.9 Å². The standard InChI is InChI=1S/C14H21N3O2/c1-3-6-17(7-8-18)10-4-5-11-12(9-10)16-14(19)13(11)15-2/h4-5,9,13,15,18H,3,6-8H2,1-2H3,(H,16,19). The maximum absolute atomic E-state index is 11.8. The maximum Gasteiger partial charge on any atom is 0.246 e. The lowest BCUT2D eigenvalue weighted by Crippen LogP contribution is -2.27. The molecule has 1 aliphatic rings. The molecule has 3 N–H and O–H groups in total. The molecule has 0 spiro atoms. The summed E-state index contributed by atoms with van der Waals surface area (Å²) in [6.07, 6.45) is 1.02. The topological polar surface area (TPSA) is 64.6 Å². The molecule has 5 nitrogen and oxygen atoms in total. The fraction of sp³-hybridized carbons (Fsp3) is 0.500. The molecule has 0 saturated carbocycles. The summed E-state index contributed by atoms with van der Waals surface area (Å²) in [6, 6.07) is 5.70. The molecule has 1 aliphatic heterocycles. The molecule has 0 radical (unpaired) electrons. The Labute approximate surface area is 113 Å². The lowest BCUT2D eigenvalue weighted by Gasteiger charge is -2.24. The summed E-state index contributed by atoms with van der Waals surface area (Å²) < 4.78 is 0. The first-order valence-electron chi connectivity index (χ1n) is 6.69. The number of amides is 1. The molecular weight excluding hydrogens is 242 g/mol. The van der Waals surface area contributed by atoms with Crippen LogP contribution in [0.1, 0.15) is 24.9 Å². The van der Waals surface area contributed by atoms with E-state index in [1.165, 1.54) is 0 Å². The molecule has 0 fully saturated rings. The zero-order valence-electron chi connectivity index (χ0n) is 11.4. The van der Waals surface area contributed by atoms with E-state index >= 15 is 0 Å². The molecule has 1 aromatic rings. The van der Waals surface area contributed by atoms with Crippen LogP contribution in [0.5, 0.6) is 0 Å². The van der Waals surface area contributed by atoms with Gasteiger partial charge >= 0.3 is 0 Å². The molecule has 0 saturated heterocycles. The van der Waals surface area contributed by atoms with Gasteiger partial charge in [0, 0.05) is 30.0 Å². The van der Waals surface area contributed by atoms with Crippen LogP contribution in [0.25, 0.3) is 0 Å². The van der Waals surface area contributed by atoms with E-state index in [1.54, 1.807) is 7.05 Å². The molecule has 0 bridgehead atoms. The van der Waals surface area contributed by atoms with Crippen LogP contribution in [0.15, 0.2) is 18.2 Å². The van der Waals surface area contributed by atoms with Crippen molar-refractivity contribution in [2.75, 3.05) is 37.0 Å². The third-order valence-electron chi connectivity index (χ3n) is 3.39. The van der Waals surface area contributed by atoms with Crippen LogP contribution in [0.2, 0.25) is 0 Å². The number of aliphatic hydroxyl groups excluding tert-OH is 1. The van der Waals surface area contributed by atoms with Crippen molar-refractivity contribution in [1.82, 2.24) is 5.32 Å². The minimum atomic E-state index is -0.262. The Hall–Kier alpha value is -1.59. The smallest absolute Gasteiger partial charge is 0.246 e. The first-order valence-corrected chi connectivity index (χ1v) is 6.69. The van der Waals surface area contributed by atoms with E-state index in [0.29, 0.717) is 6.54 Å². The van der Waals surface area contributed by atoms with E-state index in [1.807, 2.05) is 18.2 Å². The lowest BCUT2D eigenvalue weighted by atomic mass is 10.1. The van der Waals surface area contributed by atoms with Gasteiger partial charge in [0.1, 0.15) is 6.04 Å². The fourth-order valence-electron chi connectivity index (χ4n) is 2.49. The number of hydrogen-bond acceptors (Lipinski definition) is 4. The zero-order valence-corrected chi connectivity index (χ0v) is 11.4. The molecular formula is C14H21N3O2. The number of aliphatic hydroxyl groups is 1. The molecule has 1 atom stereocenters. The van der Waals surface area contributed by atoms with Gasteiger partial charge in [-0.1, -0.05) is 13.0 Å². The number of fused-ring (bicyclic) bond motifs is 1. The van der Waals surface area contributed by atoms with Gasteiger partial charge in [-0.25, -0.2) is 0 Å². The van der Waals surface area contributed by atoms with Crippen molar-refractivity contribution in [3.05, 3.63) is 23.8 Å². The third-order valence-corrected chi connectivity index (χ3v) is 3.39. The molecule has 1 aromatic carbocycles. The molecule has 0 aliphatic carbocycles. The number of carbonyl (C=O) groups is 1. The normalized spacial score (nSPS) is 17.2. The molecule has 2 rings (SSSR count). The Morgan fingerprint density at radius 3 is 2.84 bits per heavy atom. The van der Waals surface area contributed by atoms with E-state index in [2.05, 4.69) is 22.5 Å². The van der Waals surface area contributed by atoms with Gasteiger partial charge in [0.15, 0.2) is 0 Å². The summed E-state index contributed by atoms with van der Waals surface area (Å²) in [5, 5.41) is 15.0. The summed E-state index contributed by atoms with van der Waals surface area (Å²) in [5.41, 5.74) is 2.88. The van der Waals surface area contributed by atoms with Gasteiger partial charge in [0.2, 0.25) is 5.91 Å². The third kappa shape index (κ3) is 2.72. The van der Waals surface area contributed by atoms with Crippen molar-refractivity contribution in [3.63, 3.8) is 0 Å². The minimum absolute atomic E-state index is 0.0150. The number of rotatable bonds is 6. The van der Waals surface area contributed by atoms with Crippen LogP contribution in [-0.4, -0.2) is 37.8 Å². The second-order valence-corrected chi connectivity index (χ2v) is 4.69. The second kappa shape index (κ2) is 6.04. The summed E-state index contributed by atoms with van der Waals surface area (Å²) in [5.74, 6) is -0.0150. The van der Waals surface area contributed by atoms with Crippen molar-refractivity contribution in [3.8, 4) is 0 Å². The Morgan fingerprint density at radius 2 is 2.21 bits per heavy atom. The molecule has 1 amide bonds. The van der Waals surface area contributed by atoms with Gasteiger partial charge < -0.3 is 20.6 Å². The van der Waals surface area contributed by atoms with E-state index in [9.17, 15) is 4.79 Å². The quantitative estimate of drug-likeness (QED) is 0.719. The number of hydrogen-bond donors (Lipinski definition) is 3. The zero-order chi connectivity index (χ0) is 13.8. The molecule has 104 valence electrons. The van der Waals surface area contributed by atoms with Gasteiger partial charge in [-0.15, -0.1) is 0 Å². The van der Waals surface area contributed by atoms with Gasteiger partial charge in [-0.3, -0.25) is 4.79 Å². The van der Waals surface area contributed by atoms with Crippen LogP contribution in [0.3, 0.4) is 0 Å². The van der Waals surface area contributed by atoms with Crippen molar-refractivity contribution in [1.29, 1.82) is 0 Å². The highest BCUT2D eigenvalue weighted by Crippen LogP contribution is 2.33. The van der Waals surface area contributed by atoms with E-state index in [-0.39, 0.29) is 18.6 Å². The first-order chi connectivity index (χ1) is 9.21. The Bertz CT molecular complexity index is 456. The van der Waals surface area contributed by atoms with E-state index in [4.69, 9.17) is 5.11 Å². The monoisotopic (exact) mass is 263 g/mol. The highest BCUT2D eigenvalue weighted by molar-refractivity contribution is 6.03. The van der Waals surface area contributed by atoms with Gasteiger partial charge in [0.25, 0.3) is 0 Å². The second-order valence-electron chi connectivity index (χ2n) is 4.69. The molecule has 0 aromatic heterocycles. The van der Waals surface area contributed by atoms with Gasteiger partial charge in [-0.05, 0) is 25.6 Å². The SMILES string of the molecule is CCCN(CCO)c1ccc2c(c1)NC(=O)C2NC. The molecule has 1 heterocycles. The molecule has 1 unspecified atom stereocenters. The van der Waals surface area contributed by atoms with Crippen molar-refractivity contribution < 1.29 is 9.90 Å². The van der Waals surface area contributed by atoms with Crippen molar-refractivity contribution in [2.24, 2.45) is 0 Å². The summed E-state index contributed by atoms with van der Waals surface area (Å²) >= 11 is 0. The number of carbonyl (C=O) groups excluding carboxylic acids is 1. The van der Waals surface area contributed by atoms with Gasteiger partial charge in [0.05, 0.1) is 6.61 Å². The van der Waals surface area contributed by atoms with Crippen LogP contribution in [-0.2, 0) is 4.79 Å². The number of benzene rings is 1. The van der Waals surface area contributed by atoms with Crippen molar-refractivity contribution in [2.45, 2.75) is 19.4 Å². The van der Waals surface area contributed by atoms with E-state index < -0.39 is 0 Å². The van der Waals surface area contributed by atoms with Crippen LogP contribution < -0.4 is 15.5 Å². The summed E-state index contributed by atoms with van der Waals surface area (Å²) in [4.78, 5) is 13.9. The fourth-order valence-corrected chi connectivity index (χ4v) is 2.49. The van der Waals surface area contributed by atoms with Crippen molar-refractivity contribution >= 4 is 17.3 Å². The van der Waals surface area contributed by atoms with Crippen LogP contribution in [0.4, 0.5) is 11.4 Å². The minimum Gasteiger partial charge on any atom is -0.395 e. The molecule has 19 heavy (non-hydrogen) atoms. The highest BCUT2D eigenvalue weighted by Gasteiger charge is 2.29.